The summed E-state index contributed by atoms with van der Waals surface area (Å²) >= 11 is 0. The predicted octanol–water partition coefficient (Wildman–Crippen LogP) is 5.53. The number of para-hydroxylation sites is 1. The van der Waals surface area contributed by atoms with E-state index < -0.39 is 27.2 Å². The van der Waals surface area contributed by atoms with Crippen LogP contribution in [0.1, 0.15) is 98.6 Å². The number of amides is 2. The topological polar surface area (TPSA) is 132 Å². The minimum absolute atomic E-state index is 0.0261. The van der Waals surface area contributed by atoms with E-state index >= 15 is 0 Å². The zero-order valence-corrected chi connectivity index (χ0v) is 30.4. The second-order valence-electron chi connectivity index (χ2n) is 14.9. The first-order chi connectivity index (χ1) is 22.4. The molecule has 262 valence electrons. The van der Waals surface area contributed by atoms with Crippen LogP contribution in [0.3, 0.4) is 0 Å². The summed E-state index contributed by atoms with van der Waals surface area (Å²) < 4.78 is 41.0. The fourth-order valence-corrected chi connectivity index (χ4v) is 7.53. The summed E-state index contributed by atoms with van der Waals surface area (Å²) in [5.41, 5.74) is 9.00. The molecule has 2 heterocycles. The van der Waals surface area contributed by atoms with Gasteiger partial charge in [-0.1, -0.05) is 45.0 Å². The van der Waals surface area contributed by atoms with Crippen molar-refractivity contribution in [3.05, 3.63) is 77.5 Å². The Morgan fingerprint density at radius 1 is 1.02 bits per heavy atom. The second-order valence-corrected chi connectivity index (χ2v) is 16.2. The first-order valence-electron chi connectivity index (χ1n) is 16.9. The molecule has 48 heavy (non-hydrogen) atoms. The lowest BCUT2D eigenvalue weighted by Gasteiger charge is -2.28. The molecule has 0 saturated carbocycles. The van der Waals surface area contributed by atoms with Gasteiger partial charge in [0.15, 0.2) is 0 Å². The molecule has 0 fully saturated rings. The summed E-state index contributed by atoms with van der Waals surface area (Å²) in [5, 5.41) is 0. The second kappa shape index (κ2) is 14.4. The van der Waals surface area contributed by atoms with Gasteiger partial charge in [0.2, 0.25) is 5.91 Å². The van der Waals surface area contributed by atoms with E-state index in [1.54, 1.807) is 32.9 Å². The summed E-state index contributed by atoms with van der Waals surface area (Å²) in [4.78, 5) is 27.5. The third-order valence-corrected chi connectivity index (χ3v) is 10.2. The van der Waals surface area contributed by atoms with E-state index in [9.17, 15) is 22.6 Å². The minimum atomic E-state index is -4.60. The van der Waals surface area contributed by atoms with Crippen molar-refractivity contribution in [3.8, 4) is 0 Å². The summed E-state index contributed by atoms with van der Waals surface area (Å²) in [6.45, 7) is 17.8. The molecule has 11 heteroatoms. The molecule has 0 spiro atoms. The molecule has 0 bridgehead atoms. The Morgan fingerprint density at radius 3 is 2.40 bits per heavy atom. The van der Waals surface area contributed by atoms with Crippen LogP contribution >= 0.6 is 0 Å². The number of carbonyl (C=O) groups excluding carboxylic acids is 2. The standard InChI is InChI=1S/C37H52N4O6S/c1-9-23-40-29-17-13-12-16-27(29)36(5,6)31(40)18-15-19-32-37(7,8)28-25-26(48(44,45)46)21-22-30(28)41(32)24-14-10-11-20-33(42)38-39-34(43)47-35(2,3)4/h12-13,15-19,21-22,25,32H,9-11,14,20,23-24H2,1-8H3,(H,38,42)(H,39,43)(H,44,45,46)/b19-15+,31-18+. The summed E-state index contributed by atoms with van der Waals surface area (Å²) in [6, 6.07) is 13.3. The van der Waals surface area contributed by atoms with E-state index in [1.807, 2.05) is 0 Å². The van der Waals surface area contributed by atoms with Gasteiger partial charge in [-0.05, 0) is 96.2 Å². The number of rotatable bonds is 11. The van der Waals surface area contributed by atoms with Gasteiger partial charge < -0.3 is 14.2 Å². The van der Waals surface area contributed by atoms with Crippen molar-refractivity contribution < 1.29 is 32.2 Å². The van der Waals surface area contributed by atoms with E-state index in [4.69, 9.17) is 4.74 Å². The lowest BCUT2D eigenvalue weighted by atomic mass is 9.80. The quantitative estimate of drug-likeness (QED) is 0.162. The van der Waals surface area contributed by atoms with E-state index in [-0.39, 0.29) is 28.7 Å². The Labute approximate surface area is 286 Å². The van der Waals surface area contributed by atoms with Gasteiger partial charge in [0.1, 0.15) is 27.4 Å². The van der Waals surface area contributed by atoms with Gasteiger partial charge in [-0.25, -0.2) is 18.6 Å². The highest BCUT2D eigenvalue weighted by molar-refractivity contribution is 7.85. The minimum Gasteiger partial charge on any atom is -0.744 e. The van der Waals surface area contributed by atoms with Crippen LogP contribution in [0.4, 0.5) is 16.2 Å². The zero-order valence-electron chi connectivity index (χ0n) is 29.6. The van der Waals surface area contributed by atoms with Crippen LogP contribution in [0, 0.1) is 0 Å². The van der Waals surface area contributed by atoms with Gasteiger partial charge in [-0.3, -0.25) is 15.1 Å². The normalized spacial score (nSPS) is 20.5. The molecule has 4 rings (SSSR count). The van der Waals surface area contributed by atoms with Crippen LogP contribution in [0.25, 0.3) is 0 Å². The Morgan fingerprint density at radius 2 is 1.73 bits per heavy atom. The average molecular weight is 681 g/mol. The molecule has 2 unspecified atom stereocenters. The van der Waals surface area contributed by atoms with Crippen LogP contribution in [-0.2, 0) is 30.5 Å². The monoisotopic (exact) mass is 680 g/mol. The lowest BCUT2D eigenvalue weighted by molar-refractivity contribution is -0.850. The molecule has 3 N–H and O–H groups in total. The fraction of sp³-hybridized carbons (Fsp3) is 0.514. The van der Waals surface area contributed by atoms with Crippen LogP contribution < -0.4 is 20.7 Å². The maximum atomic E-state index is 12.3. The Hall–Kier alpha value is -3.67. The molecule has 2 aromatic carbocycles. The van der Waals surface area contributed by atoms with Crippen molar-refractivity contribution in [1.29, 1.82) is 0 Å². The molecule has 0 aliphatic carbocycles. The van der Waals surface area contributed by atoms with E-state index in [0.717, 1.165) is 43.6 Å². The number of hydrogen-bond donors (Lipinski definition) is 3. The number of hydrogen-bond acceptors (Lipinski definition) is 7. The maximum absolute atomic E-state index is 12.3. The molecule has 2 amide bonds. The molecule has 10 nitrogen and oxygen atoms in total. The first-order valence-corrected chi connectivity index (χ1v) is 18.3. The number of hydrazine groups is 1. The Kier molecular flexibility index (Phi) is 11.2. The van der Waals surface area contributed by atoms with Crippen LogP contribution in [0.5, 0.6) is 0 Å². The van der Waals surface area contributed by atoms with Crippen molar-refractivity contribution in [3.63, 3.8) is 0 Å². The molecule has 0 saturated heterocycles. The van der Waals surface area contributed by atoms with Crippen LogP contribution in [0.2, 0.25) is 0 Å². The number of allylic oxidation sites excluding steroid dienone is 3. The summed E-state index contributed by atoms with van der Waals surface area (Å²) in [5.74, 6) is -0.296. The van der Waals surface area contributed by atoms with Gasteiger partial charge in [0.05, 0.1) is 16.9 Å². The third kappa shape index (κ3) is 8.30. The number of fused-ring (bicyclic) bond motifs is 2. The molecule has 2 aromatic rings. The number of anilines is 1. The summed E-state index contributed by atoms with van der Waals surface area (Å²) in [6.07, 6.45) is 9.35. The Balaban J connectivity index is 1.51. The van der Waals surface area contributed by atoms with E-state index in [2.05, 4.69) is 92.9 Å². The van der Waals surface area contributed by atoms with Gasteiger partial charge in [0, 0.05) is 41.4 Å². The number of unbranched alkanes of at least 4 members (excludes halogenated alkanes) is 2. The maximum Gasteiger partial charge on any atom is 0.426 e. The van der Waals surface area contributed by atoms with Gasteiger partial charge in [-0.2, -0.15) is 0 Å². The first kappa shape index (κ1) is 37.2. The number of nitrogens with one attached hydrogen (secondary N) is 3. The van der Waals surface area contributed by atoms with Crippen molar-refractivity contribution in [2.45, 2.75) is 115 Å². The Bertz CT molecular complexity index is 1670. The zero-order chi connectivity index (χ0) is 35.5. The average Bonchev–Trinajstić information content (AvgIpc) is 3.33. The van der Waals surface area contributed by atoms with Crippen molar-refractivity contribution in [2.24, 2.45) is 0 Å². The number of carbonyl (C=O) groups is 2. The highest BCUT2D eigenvalue weighted by atomic mass is 32.2. The highest BCUT2D eigenvalue weighted by Gasteiger charge is 2.48. The molecule has 2 aliphatic heterocycles. The van der Waals surface area contributed by atoms with Gasteiger partial charge >= 0.3 is 6.09 Å². The molecular weight excluding hydrogens is 628 g/mol. The van der Waals surface area contributed by atoms with Crippen LogP contribution in [-0.4, -0.2) is 49.7 Å². The third-order valence-electron chi connectivity index (χ3n) is 9.33. The highest BCUT2D eigenvalue weighted by Crippen LogP contribution is 2.47. The van der Waals surface area contributed by atoms with Crippen molar-refractivity contribution in [2.75, 3.05) is 18.0 Å². The smallest absolute Gasteiger partial charge is 0.426 e. The van der Waals surface area contributed by atoms with E-state index in [1.165, 1.54) is 27.9 Å². The molecule has 0 aromatic heterocycles. The summed E-state index contributed by atoms with van der Waals surface area (Å²) in [7, 11) is -4.60. The number of ether oxygens (including phenoxy) is 1. The number of nitrogens with zero attached hydrogens (tertiary/aromatic N) is 1. The van der Waals surface area contributed by atoms with Crippen molar-refractivity contribution >= 4 is 33.5 Å². The largest absolute Gasteiger partial charge is 0.744 e. The molecule has 0 radical (unpaired) electrons. The van der Waals surface area contributed by atoms with E-state index in [0.29, 0.717) is 6.42 Å². The van der Waals surface area contributed by atoms with Gasteiger partial charge in [-0.15, -0.1) is 0 Å². The SMILES string of the molecule is CCCN1/C(=C/C=C/C2[NH+](CCCCCC(=O)NNC(=O)OC(C)(C)C)c3ccc(S(=O)(=O)[O-])cc3C2(C)C)C(C)(C)c2ccccc21. The number of benzene rings is 2. The number of quaternary nitrogens is 1. The lowest BCUT2D eigenvalue weighted by Crippen LogP contribution is -3.10. The van der Waals surface area contributed by atoms with Crippen molar-refractivity contribution in [1.82, 2.24) is 10.9 Å². The van der Waals surface area contributed by atoms with Crippen LogP contribution in [0.15, 0.2) is 71.3 Å². The molecule has 2 atom stereocenters. The fourth-order valence-electron chi connectivity index (χ4n) is 7.04. The van der Waals surface area contributed by atoms with Gasteiger partial charge in [0.25, 0.3) is 0 Å². The molecular formula is C37H52N4O6S. The predicted molar refractivity (Wildman–Crippen MR) is 187 cm³/mol. The molecule has 2 aliphatic rings.